The average Bonchev–Trinajstić information content (AvgIpc) is 2.82. The lowest BCUT2D eigenvalue weighted by molar-refractivity contribution is -0.119. The second-order valence-corrected chi connectivity index (χ2v) is 8.53. The van der Waals surface area contributed by atoms with Crippen molar-refractivity contribution in [2.24, 2.45) is 0 Å². The molecule has 0 atom stereocenters. The van der Waals surface area contributed by atoms with Crippen LogP contribution >= 0.6 is 0 Å². The third-order valence-corrected chi connectivity index (χ3v) is 5.10. The van der Waals surface area contributed by atoms with E-state index in [9.17, 15) is 14.4 Å². The van der Waals surface area contributed by atoms with Crippen LogP contribution in [0.25, 0.3) is 0 Å². The highest BCUT2D eigenvalue weighted by molar-refractivity contribution is 6.14. The quantitative estimate of drug-likeness (QED) is 0.408. The van der Waals surface area contributed by atoms with Gasteiger partial charge < -0.3 is 14.8 Å². The van der Waals surface area contributed by atoms with Crippen LogP contribution in [0.5, 0.6) is 5.75 Å². The number of anilines is 1. The van der Waals surface area contributed by atoms with Crippen molar-refractivity contribution >= 4 is 23.3 Å². The molecule has 1 N–H and O–H groups in total. The van der Waals surface area contributed by atoms with Gasteiger partial charge in [-0.2, -0.15) is 0 Å². The van der Waals surface area contributed by atoms with E-state index in [4.69, 9.17) is 9.47 Å². The van der Waals surface area contributed by atoms with Gasteiger partial charge in [0.2, 0.25) is 0 Å². The lowest BCUT2D eigenvalue weighted by Crippen LogP contribution is -2.22. The van der Waals surface area contributed by atoms with Gasteiger partial charge >= 0.3 is 5.97 Å². The minimum Gasteiger partial charge on any atom is -0.495 e. The molecule has 6 heteroatoms. The molecule has 0 aliphatic rings. The fraction of sp³-hybridized carbons (Fsp3) is 0.222. The molecule has 0 saturated carbocycles. The maximum absolute atomic E-state index is 12.8. The zero-order valence-corrected chi connectivity index (χ0v) is 19.2. The number of ketones is 1. The first kappa shape index (κ1) is 23.7. The standard InChI is InChI=1S/C27H27NO5/c1-27(2,3)19-14-15-23(32-4)22(16-19)28-24(29)17-33-26(31)21-13-9-8-12-20(21)25(30)18-10-6-5-7-11-18/h5-16H,17H2,1-4H3,(H,28,29). The molecule has 3 aromatic carbocycles. The Kier molecular flexibility index (Phi) is 7.28. The van der Waals surface area contributed by atoms with Crippen LogP contribution in [0.15, 0.2) is 72.8 Å². The maximum Gasteiger partial charge on any atom is 0.339 e. The van der Waals surface area contributed by atoms with E-state index in [0.717, 1.165) is 5.56 Å². The summed E-state index contributed by atoms with van der Waals surface area (Å²) < 4.78 is 10.5. The third kappa shape index (κ3) is 5.86. The Morgan fingerprint density at radius 3 is 2.12 bits per heavy atom. The van der Waals surface area contributed by atoms with Gasteiger partial charge in [-0.25, -0.2) is 4.79 Å². The van der Waals surface area contributed by atoms with Crippen LogP contribution in [0.4, 0.5) is 5.69 Å². The molecule has 3 aromatic rings. The summed E-state index contributed by atoms with van der Waals surface area (Å²) in [5.41, 5.74) is 2.17. The molecule has 170 valence electrons. The van der Waals surface area contributed by atoms with E-state index in [-0.39, 0.29) is 22.3 Å². The van der Waals surface area contributed by atoms with Gasteiger partial charge in [0.05, 0.1) is 18.4 Å². The van der Waals surface area contributed by atoms with Gasteiger partial charge in [-0.05, 0) is 29.2 Å². The van der Waals surface area contributed by atoms with Gasteiger partial charge in [-0.15, -0.1) is 0 Å². The molecule has 0 heterocycles. The number of nitrogens with one attached hydrogen (secondary N) is 1. The van der Waals surface area contributed by atoms with E-state index >= 15 is 0 Å². The monoisotopic (exact) mass is 445 g/mol. The number of hydrogen-bond donors (Lipinski definition) is 1. The van der Waals surface area contributed by atoms with E-state index in [2.05, 4.69) is 26.1 Å². The molecule has 0 bridgehead atoms. The topological polar surface area (TPSA) is 81.7 Å². The van der Waals surface area contributed by atoms with Crippen molar-refractivity contribution < 1.29 is 23.9 Å². The van der Waals surface area contributed by atoms with Crippen molar-refractivity contribution in [3.63, 3.8) is 0 Å². The minimum absolute atomic E-state index is 0.103. The number of methoxy groups -OCH3 is 1. The van der Waals surface area contributed by atoms with E-state index in [1.54, 1.807) is 48.5 Å². The highest BCUT2D eigenvalue weighted by atomic mass is 16.5. The summed E-state index contributed by atoms with van der Waals surface area (Å²) in [6, 6.07) is 20.6. The summed E-state index contributed by atoms with van der Waals surface area (Å²) in [6.07, 6.45) is 0. The van der Waals surface area contributed by atoms with E-state index in [1.807, 2.05) is 18.2 Å². The predicted molar refractivity (Wildman–Crippen MR) is 127 cm³/mol. The Morgan fingerprint density at radius 1 is 0.848 bits per heavy atom. The van der Waals surface area contributed by atoms with Crippen molar-refractivity contribution in [1.29, 1.82) is 0 Å². The van der Waals surface area contributed by atoms with Crippen LogP contribution in [0.1, 0.15) is 52.6 Å². The lowest BCUT2D eigenvalue weighted by atomic mass is 9.87. The van der Waals surface area contributed by atoms with Crippen LogP contribution in [-0.4, -0.2) is 31.4 Å². The molecule has 0 aromatic heterocycles. The van der Waals surface area contributed by atoms with Crippen LogP contribution in [0.2, 0.25) is 0 Å². The fourth-order valence-electron chi connectivity index (χ4n) is 3.27. The van der Waals surface area contributed by atoms with Crippen molar-refractivity contribution in [1.82, 2.24) is 0 Å². The molecule has 0 saturated heterocycles. The van der Waals surface area contributed by atoms with Gasteiger partial charge in [-0.1, -0.05) is 75.4 Å². The summed E-state index contributed by atoms with van der Waals surface area (Å²) in [4.78, 5) is 38.0. The van der Waals surface area contributed by atoms with Crippen molar-refractivity contribution in [2.75, 3.05) is 19.0 Å². The molecule has 3 rings (SSSR count). The molecule has 0 fully saturated rings. The van der Waals surface area contributed by atoms with Crippen molar-refractivity contribution in [2.45, 2.75) is 26.2 Å². The molecule has 0 radical (unpaired) electrons. The first-order valence-electron chi connectivity index (χ1n) is 10.5. The summed E-state index contributed by atoms with van der Waals surface area (Å²) in [5, 5.41) is 2.74. The second-order valence-electron chi connectivity index (χ2n) is 8.53. The Hall–Kier alpha value is -3.93. The number of esters is 1. The van der Waals surface area contributed by atoms with Gasteiger partial charge in [-0.3, -0.25) is 9.59 Å². The number of amides is 1. The van der Waals surface area contributed by atoms with Gasteiger partial charge in [0.1, 0.15) is 5.75 Å². The molecule has 0 unspecified atom stereocenters. The molecule has 0 spiro atoms. The predicted octanol–water partition coefficient (Wildman–Crippen LogP) is 5.02. The van der Waals surface area contributed by atoms with Crippen LogP contribution in [-0.2, 0) is 14.9 Å². The van der Waals surface area contributed by atoms with Gasteiger partial charge in [0.15, 0.2) is 12.4 Å². The number of rotatable bonds is 7. The fourth-order valence-corrected chi connectivity index (χ4v) is 3.27. The first-order chi connectivity index (χ1) is 15.7. The first-order valence-corrected chi connectivity index (χ1v) is 10.5. The molecular formula is C27H27NO5. The number of carbonyl (C=O) groups excluding carboxylic acids is 3. The summed E-state index contributed by atoms with van der Waals surface area (Å²) in [6.45, 7) is 5.69. The summed E-state index contributed by atoms with van der Waals surface area (Å²) >= 11 is 0. The van der Waals surface area contributed by atoms with Gasteiger partial charge in [0, 0.05) is 11.1 Å². The van der Waals surface area contributed by atoms with E-state index < -0.39 is 18.5 Å². The number of ether oxygens (including phenoxy) is 2. The molecule has 0 aliphatic heterocycles. The third-order valence-electron chi connectivity index (χ3n) is 5.10. The van der Waals surface area contributed by atoms with Crippen molar-refractivity contribution in [3.05, 3.63) is 95.1 Å². The summed E-state index contributed by atoms with van der Waals surface area (Å²) in [5.74, 6) is -1.06. The Bertz CT molecular complexity index is 1160. The van der Waals surface area contributed by atoms with Gasteiger partial charge in [0.25, 0.3) is 5.91 Å². The highest BCUT2D eigenvalue weighted by Gasteiger charge is 2.21. The van der Waals surface area contributed by atoms with E-state index in [0.29, 0.717) is 17.0 Å². The lowest BCUT2D eigenvalue weighted by Gasteiger charge is -2.21. The highest BCUT2D eigenvalue weighted by Crippen LogP contribution is 2.31. The van der Waals surface area contributed by atoms with Crippen LogP contribution in [0, 0.1) is 0 Å². The average molecular weight is 446 g/mol. The normalized spacial score (nSPS) is 10.9. The minimum atomic E-state index is -0.750. The zero-order valence-electron chi connectivity index (χ0n) is 19.2. The number of hydrogen-bond acceptors (Lipinski definition) is 5. The number of carbonyl (C=O) groups is 3. The molecular weight excluding hydrogens is 418 g/mol. The Balaban J connectivity index is 1.71. The van der Waals surface area contributed by atoms with E-state index in [1.165, 1.54) is 13.2 Å². The van der Waals surface area contributed by atoms with Crippen molar-refractivity contribution in [3.8, 4) is 5.75 Å². The maximum atomic E-state index is 12.8. The van der Waals surface area contributed by atoms with Crippen LogP contribution < -0.4 is 10.1 Å². The molecule has 33 heavy (non-hydrogen) atoms. The second kappa shape index (κ2) is 10.1. The Labute approximate surface area is 193 Å². The molecule has 1 amide bonds. The largest absolute Gasteiger partial charge is 0.495 e. The SMILES string of the molecule is COc1ccc(C(C)(C)C)cc1NC(=O)COC(=O)c1ccccc1C(=O)c1ccccc1. The summed E-state index contributed by atoms with van der Waals surface area (Å²) in [7, 11) is 1.52. The molecule has 0 aliphatic carbocycles. The number of benzene rings is 3. The smallest absolute Gasteiger partial charge is 0.339 e. The zero-order chi connectivity index (χ0) is 24.0. The van der Waals surface area contributed by atoms with Crippen LogP contribution in [0.3, 0.4) is 0 Å². The molecule has 6 nitrogen and oxygen atoms in total. The Morgan fingerprint density at radius 2 is 1.48 bits per heavy atom.